The van der Waals surface area contributed by atoms with Gasteiger partial charge in [0, 0.05) is 38.7 Å². The van der Waals surface area contributed by atoms with E-state index in [9.17, 15) is 4.79 Å². The summed E-state index contributed by atoms with van der Waals surface area (Å²) < 4.78 is 5.66. The highest BCUT2D eigenvalue weighted by atomic mass is 16.5. The smallest absolute Gasteiger partial charge is 0.222 e. The quantitative estimate of drug-likeness (QED) is 0.805. The zero-order chi connectivity index (χ0) is 12.1. The van der Waals surface area contributed by atoms with Crippen LogP contribution in [0.15, 0.2) is 0 Å². The van der Waals surface area contributed by atoms with Gasteiger partial charge in [0.1, 0.15) is 0 Å². The number of carbonyl (C=O) groups is 1. The summed E-state index contributed by atoms with van der Waals surface area (Å²) in [4.78, 5) is 14.1. The molecule has 0 spiro atoms. The number of hydrogen-bond donors (Lipinski definition) is 1. The molecule has 2 fully saturated rings. The highest BCUT2D eigenvalue weighted by molar-refractivity contribution is 5.76. The fraction of sp³-hybridized carbons (Fsp3) is 0.923. The summed E-state index contributed by atoms with van der Waals surface area (Å²) in [6.07, 6.45) is 5.43. The number of rotatable bonds is 3. The van der Waals surface area contributed by atoms with Crippen LogP contribution in [0.3, 0.4) is 0 Å². The van der Waals surface area contributed by atoms with Crippen LogP contribution in [0.25, 0.3) is 0 Å². The van der Waals surface area contributed by atoms with Crippen molar-refractivity contribution in [1.82, 2.24) is 10.2 Å². The van der Waals surface area contributed by atoms with Gasteiger partial charge in [0.2, 0.25) is 5.91 Å². The van der Waals surface area contributed by atoms with Crippen LogP contribution >= 0.6 is 0 Å². The maximum absolute atomic E-state index is 12.1. The predicted molar refractivity (Wildman–Crippen MR) is 66.9 cm³/mol. The first kappa shape index (κ1) is 12.8. The molecule has 98 valence electrons. The summed E-state index contributed by atoms with van der Waals surface area (Å²) in [7, 11) is 0. The summed E-state index contributed by atoms with van der Waals surface area (Å²) in [6, 6.07) is 0.337. The molecule has 0 bridgehead atoms. The Morgan fingerprint density at radius 2 is 2.35 bits per heavy atom. The third-order valence-electron chi connectivity index (χ3n) is 3.78. The number of amides is 1. The topological polar surface area (TPSA) is 41.6 Å². The lowest BCUT2D eigenvalue weighted by atomic mass is 10.0. The van der Waals surface area contributed by atoms with Crippen molar-refractivity contribution in [2.45, 2.75) is 51.2 Å². The van der Waals surface area contributed by atoms with Gasteiger partial charge in [0.05, 0.1) is 6.10 Å². The number of carbonyl (C=O) groups excluding carboxylic acids is 1. The second-order valence-electron chi connectivity index (χ2n) is 5.17. The normalized spacial score (nSPS) is 30.3. The van der Waals surface area contributed by atoms with Crippen molar-refractivity contribution >= 4 is 5.91 Å². The summed E-state index contributed by atoms with van der Waals surface area (Å²) in [5, 5.41) is 3.31. The molecule has 0 aromatic carbocycles. The zero-order valence-electron chi connectivity index (χ0n) is 10.8. The van der Waals surface area contributed by atoms with E-state index in [1.54, 1.807) is 0 Å². The van der Waals surface area contributed by atoms with Crippen LogP contribution in [0, 0.1) is 0 Å². The first-order chi connectivity index (χ1) is 8.27. The highest BCUT2D eigenvalue weighted by Crippen LogP contribution is 2.18. The van der Waals surface area contributed by atoms with E-state index in [1.807, 2.05) is 4.90 Å². The molecule has 0 aliphatic carbocycles. The van der Waals surface area contributed by atoms with Crippen molar-refractivity contribution in [3.63, 3.8) is 0 Å². The molecule has 1 amide bonds. The minimum Gasteiger partial charge on any atom is -0.378 e. The maximum atomic E-state index is 12.1. The Kier molecular flexibility index (Phi) is 4.80. The van der Waals surface area contributed by atoms with Crippen molar-refractivity contribution < 1.29 is 9.53 Å². The number of ether oxygens (including phenoxy) is 1. The summed E-state index contributed by atoms with van der Waals surface area (Å²) in [5.41, 5.74) is 0. The molecule has 2 unspecified atom stereocenters. The Balaban J connectivity index is 1.72. The van der Waals surface area contributed by atoms with Gasteiger partial charge in [-0.3, -0.25) is 4.79 Å². The lowest BCUT2D eigenvalue weighted by molar-refractivity contribution is -0.135. The van der Waals surface area contributed by atoms with E-state index in [-0.39, 0.29) is 0 Å². The molecule has 2 aliphatic heterocycles. The van der Waals surface area contributed by atoms with Gasteiger partial charge in [-0.1, -0.05) is 0 Å². The minimum atomic E-state index is 0.299. The van der Waals surface area contributed by atoms with Crippen LogP contribution in [0.1, 0.15) is 39.0 Å². The largest absolute Gasteiger partial charge is 0.378 e. The van der Waals surface area contributed by atoms with Gasteiger partial charge in [-0.25, -0.2) is 0 Å². The first-order valence-electron chi connectivity index (χ1n) is 6.89. The lowest BCUT2D eigenvalue weighted by Crippen LogP contribution is -2.52. The monoisotopic (exact) mass is 240 g/mol. The minimum absolute atomic E-state index is 0.299. The Hall–Kier alpha value is -0.610. The SMILES string of the molecule is CC1CNCCN1C(=O)CCC1CCCCO1. The van der Waals surface area contributed by atoms with Crippen LogP contribution in [0.4, 0.5) is 0 Å². The Morgan fingerprint density at radius 3 is 3.06 bits per heavy atom. The number of nitrogens with one attached hydrogen (secondary N) is 1. The molecule has 1 N–H and O–H groups in total. The van der Waals surface area contributed by atoms with Crippen LogP contribution in [-0.4, -0.2) is 49.2 Å². The predicted octanol–water partition coefficient (Wildman–Crippen LogP) is 1.16. The van der Waals surface area contributed by atoms with Crippen LogP contribution in [0.5, 0.6) is 0 Å². The maximum Gasteiger partial charge on any atom is 0.222 e. The summed E-state index contributed by atoms with van der Waals surface area (Å²) in [5.74, 6) is 0.299. The molecule has 4 heteroatoms. The van der Waals surface area contributed by atoms with E-state index in [4.69, 9.17) is 4.74 Å². The van der Waals surface area contributed by atoms with E-state index in [0.29, 0.717) is 24.5 Å². The number of piperazine rings is 1. The molecular formula is C13H24N2O2. The molecule has 4 nitrogen and oxygen atoms in total. The van der Waals surface area contributed by atoms with E-state index in [1.165, 1.54) is 12.8 Å². The average Bonchev–Trinajstić information content (AvgIpc) is 2.38. The third-order valence-corrected chi connectivity index (χ3v) is 3.78. The van der Waals surface area contributed by atoms with Gasteiger partial charge in [0.15, 0.2) is 0 Å². The van der Waals surface area contributed by atoms with Crippen LogP contribution < -0.4 is 5.32 Å². The van der Waals surface area contributed by atoms with E-state index < -0.39 is 0 Å². The molecule has 2 rings (SSSR count). The highest BCUT2D eigenvalue weighted by Gasteiger charge is 2.24. The van der Waals surface area contributed by atoms with Crippen molar-refractivity contribution in [3.05, 3.63) is 0 Å². The average molecular weight is 240 g/mol. The van der Waals surface area contributed by atoms with Crippen molar-refractivity contribution in [2.24, 2.45) is 0 Å². The third kappa shape index (κ3) is 3.68. The fourth-order valence-corrected chi connectivity index (χ4v) is 2.67. The first-order valence-corrected chi connectivity index (χ1v) is 6.89. The van der Waals surface area contributed by atoms with E-state index >= 15 is 0 Å². The molecule has 0 aromatic heterocycles. The zero-order valence-corrected chi connectivity index (χ0v) is 10.8. The van der Waals surface area contributed by atoms with Gasteiger partial charge in [-0.15, -0.1) is 0 Å². The molecule has 17 heavy (non-hydrogen) atoms. The molecular weight excluding hydrogens is 216 g/mol. The van der Waals surface area contributed by atoms with E-state index in [2.05, 4.69) is 12.2 Å². The van der Waals surface area contributed by atoms with E-state index in [0.717, 1.165) is 39.1 Å². The molecule has 2 aliphatic rings. The van der Waals surface area contributed by atoms with Crippen LogP contribution in [-0.2, 0) is 9.53 Å². The Labute approximate surface area is 104 Å². The van der Waals surface area contributed by atoms with Gasteiger partial charge in [0.25, 0.3) is 0 Å². The second-order valence-corrected chi connectivity index (χ2v) is 5.17. The van der Waals surface area contributed by atoms with Crippen molar-refractivity contribution in [1.29, 1.82) is 0 Å². The molecule has 0 aromatic rings. The lowest BCUT2D eigenvalue weighted by Gasteiger charge is -2.34. The van der Waals surface area contributed by atoms with Gasteiger partial charge >= 0.3 is 0 Å². The molecule has 0 radical (unpaired) electrons. The number of nitrogens with zero attached hydrogens (tertiary/aromatic N) is 1. The van der Waals surface area contributed by atoms with Gasteiger partial charge in [-0.05, 0) is 32.6 Å². The standard InChI is InChI=1S/C13H24N2O2/c1-11-10-14-7-8-15(11)13(16)6-5-12-4-2-3-9-17-12/h11-12,14H,2-10H2,1H3. The fourth-order valence-electron chi connectivity index (χ4n) is 2.67. The van der Waals surface area contributed by atoms with Crippen molar-refractivity contribution in [3.8, 4) is 0 Å². The Bertz CT molecular complexity index is 252. The molecule has 2 atom stereocenters. The number of hydrogen-bond acceptors (Lipinski definition) is 3. The molecule has 2 heterocycles. The molecule has 2 saturated heterocycles. The Morgan fingerprint density at radius 1 is 1.47 bits per heavy atom. The van der Waals surface area contributed by atoms with Crippen molar-refractivity contribution in [2.75, 3.05) is 26.2 Å². The second kappa shape index (κ2) is 6.36. The van der Waals surface area contributed by atoms with Gasteiger partial charge < -0.3 is 15.0 Å². The summed E-state index contributed by atoms with van der Waals surface area (Å²) >= 11 is 0. The van der Waals surface area contributed by atoms with Crippen LogP contribution in [0.2, 0.25) is 0 Å². The summed E-state index contributed by atoms with van der Waals surface area (Å²) in [6.45, 7) is 5.69. The molecule has 0 saturated carbocycles. The van der Waals surface area contributed by atoms with Gasteiger partial charge in [-0.2, -0.15) is 0 Å².